The van der Waals surface area contributed by atoms with Crippen LogP contribution in [0.2, 0.25) is 0 Å². The standard InChI is InChI=1S/C16H26N4O/c1-6-21-10-14(12(4)5)18-16-15-9-13(11(2)3)19-20(15)8-7-17-16/h7-9,11-12,14H,6,10H2,1-5H3,(H,17,18). The zero-order chi connectivity index (χ0) is 15.4. The van der Waals surface area contributed by atoms with Crippen molar-refractivity contribution in [2.45, 2.75) is 46.6 Å². The Morgan fingerprint density at radius 2 is 2.05 bits per heavy atom. The Balaban J connectivity index is 2.27. The Morgan fingerprint density at radius 1 is 1.29 bits per heavy atom. The van der Waals surface area contributed by atoms with Crippen LogP contribution < -0.4 is 5.32 Å². The molecule has 2 rings (SSSR count). The van der Waals surface area contributed by atoms with Gasteiger partial charge in [0.25, 0.3) is 0 Å². The van der Waals surface area contributed by atoms with Crippen molar-refractivity contribution in [3.05, 3.63) is 24.2 Å². The molecule has 0 saturated carbocycles. The van der Waals surface area contributed by atoms with Crippen molar-refractivity contribution >= 4 is 11.3 Å². The summed E-state index contributed by atoms with van der Waals surface area (Å²) in [5.41, 5.74) is 2.10. The maximum absolute atomic E-state index is 5.57. The second-order valence-electron chi connectivity index (χ2n) is 5.98. The van der Waals surface area contributed by atoms with E-state index in [9.17, 15) is 0 Å². The summed E-state index contributed by atoms with van der Waals surface area (Å²) < 4.78 is 7.46. The van der Waals surface area contributed by atoms with Gasteiger partial charge in [-0.25, -0.2) is 9.50 Å². The predicted molar refractivity (Wildman–Crippen MR) is 85.8 cm³/mol. The topological polar surface area (TPSA) is 51.5 Å². The van der Waals surface area contributed by atoms with E-state index in [0.29, 0.717) is 18.4 Å². The molecular formula is C16H26N4O. The molecule has 116 valence electrons. The first kappa shape index (κ1) is 15.8. The highest BCUT2D eigenvalue weighted by molar-refractivity contribution is 5.68. The van der Waals surface area contributed by atoms with E-state index in [0.717, 1.165) is 23.6 Å². The van der Waals surface area contributed by atoms with Crippen molar-refractivity contribution < 1.29 is 4.74 Å². The number of aromatic nitrogens is 3. The molecule has 0 saturated heterocycles. The average Bonchev–Trinajstić information content (AvgIpc) is 2.88. The van der Waals surface area contributed by atoms with E-state index in [1.807, 2.05) is 17.6 Å². The fourth-order valence-electron chi connectivity index (χ4n) is 2.16. The van der Waals surface area contributed by atoms with Gasteiger partial charge < -0.3 is 10.1 Å². The number of hydrogen-bond acceptors (Lipinski definition) is 4. The minimum atomic E-state index is 0.237. The van der Waals surface area contributed by atoms with E-state index in [2.05, 4.69) is 49.2 Å². The van der Waals surface area contributed by atoms with Gasteiger partial charge in [0.2, 0.25) is 0 Å². The summed E-state index contributed by atoms with van der Waals surface area (Å²) in [6.45, 7) is 12.1. The highest BCUT2D eigenvalue weighted by atomic mass is 16.5. The van der Waals surface area contributed by atoms with Crippen molar-refractivity contribution in [3.63, 3.8) is 0 Å². The van der Waals surface area contributed by atoms with Crippen LogP contribution in [0.15, 0.2) is 18.5 Å². The number of nitrogens with zero attached hydrogens (tertiary/aromatic N) is 3. The van der Waals surface area contributed by atoms with Crippen molar-refractivity contribution in [2.75, 3.05) is 18.5 Å². The van der Waals surface area contributed by atoms with Gasteiger partial charge in [-0.1, -0.05) is 27.7 Å². The van der Waals surface area contributed by atoms with Gasteiger partial charge >= 0.3 is 0 Å². The second kappa shape index (κ2) is 6.89. The molecule has 2 aromatic heterocycles. The Bertz CT molecular complexity index is 577. The largest absolute Gasteiger partial charge is 0.380 e. The van der Waals surface area contributed by atoms with Gasteiger partial charge in [0.05, 0.1) is 18.3 Å². The van der Waals surface area contributed by atoms with Crippen LogP contribution in [0, 0.1) is 5.92 Å². The quantitative estimate of drug-likeness (QED) is 0.850. The fourth-order valence-corrected chi connectivity index (χ4v) is 2.16. The highest BCUT2D eigenvalue weighted by Gasteiger charge is 2.16. The smallest absolute Gasteiger partial charge is 0.152 e. The van der Waals surface area contributed by atoms with E-state index in [1.165, 1.54) is 0 Å². The fraction of sp³-hybridized carbons (Fsp3) is 0.625. The summed E-state index contributed by atoms with van der Waals surface area (Å²) in [7, 11) is 0. The van der Waals surface area contributed by atoms with Crippen LogP contribution in [0.4, 0.5) is 5.82 Å². The molecule has 21 heavy (non-hydrogen) atoms. The number of hydrogen-bond donors (Lipinski definition) is 1. The molecule has 1 atom stereocenters. The van der Waals surface area contributed by atoms with Crippen LogP contribution in [0.25, 0.3) is 5.52 Å². The molecule has 0 fully saturated rings. The van der Waals surface area contributed by atoms with E-state index < -0.39 is 0 Å². The maximum atomic E-state index is 5.57. The molecule has 2 heterocycles. The highest BCUT2D eigenvalue weighted by Crippen LogP contribution is 2.21. The van der Waals surface area contributed by atoms with E-state index in [1.54, 1.807) is 6.20 Å². The summed E-state index contributed by atoms with van der Waals surface area (Å²) in [4.78, 5) is 4.48. The van der Waals surface area contributed by atoms with Crippen molar-refractivity contribution in [3.8, 4) is 0 Å². The van der Waals surface area contributed by atoms with Gasteiger partial charge in [0.1, 0.15) is 5.52 Å². The summed E-state index contributed by atoms with van der Waals surface area (Å²) in [6.07, 6.45) is 3.67. The van der Waals surface area contributed by atoms with E-state index in [-0.39, 0.29) is 6.04 Å². The zero-order valence-electron chi connectivity index (χ0n) is 13.6. The molecule has 0 spiro atoms. The first-order valence-corrected chi connectivity index (χ1v) is 7.71. The predicted octanol–water partition coefficient (Wildman–Crippen LogP) is 3.33. The summed E-state index contributed by atoms with van der Waals surface area (Å²) >= 11 is 0. The van der Waals surface area contributed by atoms with Crippen LogP contribution >= 0.6 is 0 Å². The molecule has 0 bridgehead atoms. The van der Waals surface area contributed by atoms with Gasteiger partial charge in [-0.05, 0) is 24.8 Å². The van der Waals surface area contributed by atoms with Gasteiger partial charge in [0, 0.05) is 19.0 Å². The van der Waals surface area contributed by atoms with Crippen LogP contribution in [0.1, 0.15) is 46.2 Å². The third-order valence-corrected chi connectivity index (χ3v) is 3.63. The van der Waals surface area contributed by atoms with E-state index >= 15 is 0 Å². The first-order chi connectivity index (χ1) is 10.0. The van der Waals surface area contributed by atoms with Crippen LogP contribution in [-0.4, -0.2) is 33.9 Å². The monoisotopic (exact) mass is 290 g/mol. The van der Waals surface area contributed by atoms with Crippen molar-refractivity contribution in [1.29, 1.82) is 0 Å². The molecule has 0 aliphatic rings. The minimum Gasteiger partial charge on any atom is -0.380 e. The number of anilines is 1. The van der Waals surface area contributed by atoms with Gasteiger partial charge in [0.15, 0.2) is 5.82 Å². The molecule has 0 radical (unpaired) electrons. The first-order valence-electron chi connectivity index (χ1n) is 7.71. The molecular weight excluding hydrogens is 264 g/mol. The average molecular weight is 290 g/mol. The SMILES string of the molecule is CCOCC(Nc1nccn2nc(C(C)C)cc12)C(C)C. The second-order valence-corrected chi connectivity index (χ2v) is 5.98. The van der Waals surface area contributed by atoms with E-state index in [4.69, 9.17) is 4.74 Å². The Kier molecular flexibility index (Phi) is 5.17. The summed E-state index contributed by atoms with van der Waals surface area (Å²) in [5, 5.41) is 8.10. The van der Waals surface area contributed by atoms with Crippen LogP contribution in [-0.2, 0) is 4.74 Å². The molecule has 0 aromatic carbocycles. The molecule has 5 nitrogen and oxygen atoms in total. The number of rotatable bonds is 7. The Morgan fingerprint density at radius 3 is 2.67 bits per heavy atom. The molecule has 0 aliphatic heterocycles. The normalized spacial score (nSPS) is 13.3. The Labute approximate surface area is 126 Å². The van der Waals surface area contributed by atoms with Crippen molar-refractivity contribution in [1.82, 2.24) is 14.6 Å². The molecule has 1 N–H and O–H groups in total. The number of ether oxygens (including phenoxy) is 1. The third kappa shape index (κ3) is 3.73. The van der Waals surface area contributed by atoms with Crippen molar-refractivity contribution in [2.24, 2.45) is 5.92 Å². The molecule has 5 heteroatoms. The van der Waals surface area contributed by atoms with Crippen LogP contribution in [0.3, 0.4) is 0 Å². The lowest BCUT2D eigenvalue weighted by Gasteiger charge is -2.22. The van der Waals surface area contributed by atoms with Crippen LogP contribution in [0.5, 0.6) is 0 Å². The lowest BCUT2D eigenvalue weighted by Crippen LogP contribution is -2.31. The zero-order valence-corrected chi connectivity index (χ0v) is 13.6. The molecule has 2 aromatic rings. The molecule has 0 aliphatic carbocycles. The maximum Gasteiger partial charge on any atom is 0.152 e. The summed E-state index contributed by atoms with van der Waals surface area (Å²) in [5.74, 6) is 1.74. The number of fused-ring (bicyclic) bond motifs is 1. The van der Waals surface area contributed by atoms with Gasteiger partial charge in [-0.3, -0.25) is 0 Å². The third-order valence-electron chi connectivity index (χ3n) is 3.63. The van der Waals surface area contributed by atoms with Gasteiger partial charge in [-0.15, -0.1) is 0 Å². The molecule has 0 amide bonds. The Hall–Kier alpha value is -1.62. The lowest BCUT2D eigenvalue weighted by atomic mass is 10.1. The molecule has 1 unspecified atom stereocenters. The minimum absolute atomic E-state index is 0.237. The number of nitrogens with one attached hydrogen (secondary N) is 1. The lowest BCUT2D eigenvalue weighted by molar-refractivity contribution is 0.126. The summed E-state index contributed by atoms with van der Waals surface area (Å²) in [6, 6.07) is 2.35. The van der Waals surface area contributed by atoms with Gasteiger partial charge in [-0.2, -0.15) is 5.10 Å².